The quantitative estimate of drug-likeness (QED) is 0.768. The van der Waals surface area contributed by atoms with Crippen LogP contribution in [0.4, 0.5) is 5.82 Å². The van der Waals surface area contributed by atoms with E-state index < -0.39 is 0 Å². The Bertz CT molecular complexity index is 861. The van der Waals surface area contributed by atoms with Gasteiger partial charge in [0.15, 0.2) is 5.82 Å². The van der Waals surface area contributed by atoms with Crippen LogP contribution in [0.25, 0.3) is 21.6 Å². The molecule has 0 bridgehead atoms. The van der Waals surface area contributed by atoms with E-state index in [-0.39, 0.29) is 0 Å². The van der Waals surface area contributed by atoms with Crippen LogP contribution in [-0.4, -0.2) is 33.3 Å². The molecule has 124 valence electrons. The average molecular weight is 339 g/mol. The van der Waals surface area contributed by atoms with Gasteiger partial charge in [0.1, 0.15) is 10.6 Å². The summed E-state index contributed by atoms with van der Waals surface area (Å²) in [5, 5.41) is 8.29. The summed E-state index contributed by atoms with van der Waals surface area (Å²) < 4.78 is 0. The van der Waals surface area contributed by atoms with Crippen molar-refractivity contribution in [2.24, 2.45) is 0 Å². The molecule has 1 fully saturated rings. The number of hydrogen-bond acceptors (Lipinski definition) is 5. The van der Waals surface area contributed by atoms with Gasteiger partial charge in [-0.2, -0.15) is 5.10 Å². The first-order valence-corrected chi connectivity index (χ1v) is 9.78. The highest BCUT2D eigenvalue weighted by atomic mass is 32.1. The fourth-order valence-electron chi connectivity index (χ4n) is 3.98. The summed E-state index contributed by atoms with van der Waals surface area (Å²) >= 11 is 1.88. The molecular formula is C18H21N5S. The number of hydrogen-bond donors (Lipinski definition) is 1. The number of thiophene rings is 1. The van der Waals surface area contributed by atoms with Gasteiger partial charge in [-0.25, -0.2) is 9.97 Å². The molecule has 1 aliphatic heterocycles. The van der Waals surface area contributed by atoms with Crippen molar-refractivity contribution in [3.8, 4) is 11.4 Å². The molecule has 2 aliphatic rings. The van der Waals surface area contributed by atoms with E-state index in [1.807, 2.05) is 23.7 Å². The summed E-state index contributed by atoms with van der Waals surface area (Å²) in [7, 11) is 0. The maximum atomic E-state index is 5.01. The van der Waals surface area contributed by atoms with Crippen molar-refractivity contribution >= 4 is 27.4 Å². The number of anilines is 1. The fraction of sp³-hybridized carbons (Fsp3) is 0.500. The molecule has 0 aromatic carbocycles. The minimum absolute atomic E-state index is 0.801. The van der Waals surface area contributed by atoms with Crippen molar-refractivity contribution in [2.45, 2.75) is 44.9 Å². The molecule has 0 amide bonds. The van der Waals surface area contributed by atoms with Gasteiger partial charge in [0, 0.05) is 24.2 Å². The first kappa shape index (κ1) is 14.4. The summed E-state index contributed by atoms with van der Waals surface area (Å²) in [6, 6.07) is 0. The van der Waals surface area contributed by atoms with E-state index in [0.717, 1.165) is 35.1 Å². The Kier molecular flexibility index (Phi) is 3.51. The maximum Gasteiger partial charge on any atom is 0.166 e. The van der Waals surface area contributed by atoms with Gasteiger partial charge in [-0.05, 0) is 50.5 Å². The second kappa shape index (κ2) is 5.84. The molecule has 1 aliphatic carbocycles. The molecular weight excluding hydrogens is 318 g/mol. The summed E-state index contributed by atoms with van der Waals surface area (Å²) in [5.41, 5.74) is 2.50. The fourth-order valence-corrected chi connectivity index (χ4v) is 5.23. The van der Waals surface area contributed by atoms with E-state index in [1.54, 1.807) is 0 Å². The molecule has 5 rings (SSSR count). The zero-order valence-corrected chi connectivity index (χ0v) is 14.5. The zero-order chi connectivity index (χ0) is 15.9. The highest BCUT2D eigenvalue weighted by molar-refractivity contribution is 7.19. The highest BCUT2D eigenvalue weighted by Crippen LogP contribution is 2.41. The van der Waals surface area contributed by atoms with Crippen molar-refractivity contribution in [3.05, 3.63) is 22.8 Å². The SMILES string of the molecule is c1n[nH]cc1-c1nc(N2CCCCC2)c2c3c(sc2n1)CCCC3. The van der Waals surface area contributed by atoms with Crippen LogP contribution in [0, 0.1) is 0 Å². The molecule has 0 spiro atoms. The Balaban J connectivity index is 1.74. The Labute approximate surface area is 145 Å². The van der Waals surface area contributed by atoms with Gasteiger partial charge in [0.2, 0.25) is 0 Å². The Hall–Kier alpha value is -1.95. The van der Waals surface area contributed by atoms with Crippen molar-refractivity contribution in [2.75, 3.05) is 18.0 Å². The van der Waals surface area contributed by atoms with Gasteiger partial charge in [-0.3, -0.25) is 5.10 Å². The summed E-state index contributed by atoms with van der Waals surface area (Å²) in [6.45, 7) is 2.23. The lowest BCUT2D eigenvalue weighted by Crippen LogP contribution is -2.30. The smallest absolute Gasteiger partial charge is 0.166 e. The van der Waals surface area contributed by atoms with Gasteiger partial charge in [-0.1, -0.05) is 0 Å². The van der Waals surface area contributed by atoms with E-state index in [1.165, 1.54) is 60.8 Å². The lowest BCUT2D eigenvalue weighted by molar-refractivity contribution is 0.574. The summed E-state index contributed by atoms with van der Waals surface area (Å²) in [4.78, 5) is 15.1. The monoisotopic (exact) mass is 339 g/mol. The van der Waals surface area contributed by atoms with Crippen molar-refractivity contribution in [1.29, 1.82) is 0 Å². The molecule has 0 atom stereocenters. The van der Waals surface area contributed by atoms with Gasteiger partial charge < -0.3 is 4.90 Å². The second-order valence-corrected chi connectivity index (χ2v) is 7.88. The number of aryl methyl sites for hydroxylation is 2. The third kappa shape index (κ3) is 2.32. The van der Waals surface area contributed by atoms with Crippen LogP contribution >= 0.6 is 11.3 Å². The predicted octanol–water partition coefficient (Wildman–Crippen LogP) is 3.95. The molecule has 3 aromatic heterocycles. The van der Waals surface area contributed by atoms with Crippen LogP contribution in [-0.2, 0) is 12.8 Å². The molecule has 5 nitrogen and oxygen atoms in total. The Morgan fingerprint density at radius 2 is 1.88 bits per heavy atom. The van der Waals surface area contributed by atoms with Gasteiger partial charge in [0.25, 0.3) is 0 Å². The van der Waals surface area contributed by atoms with Gasteiger partial charge in [-0.15, -0.1) is 11.3 Å². The van der Waals surface area contributed by atoms with E-state index in [9.17, 15) is 0 Å². The maximum absolute atomic E-state index is 5.01. The number of nitrogens with one attached hydrogen (secondary N) is 1. The molecule has 0 saturated carbocycles. The molecule has 24 heavy (non-hydrogen) atoms. The number of rotatable bonds is 2. The molecule has 0 unspecified atom stereocenters. The largest absolute Gasteiger partial charge is 0.356 e. The number of H-pyrrole nitrogens is 1. The molecule has 3 aromatic rings. The van der Waals surface area contributed by atoms with Crippen molar-refractivity contribution in [1.82, 2.24) is 20.2 Å². The normalized spacial score (nSPS) is 18.1. The van der Waals surface area contributed by atoms with E-state index in [2.05, 4.69) is 15.1 Å². The number of aromatic nitrogens is 4. The number of piperidine rings is 1. The molecule has 0 radical (unpaired) electrons. The molecule has 4 heterocycles. The third-order valence-electron chi connectivity index (χ3n) is 5.21. The first-order valence-electron chi connectivity index (χ1n) is 8.96. The van der Waals surface area contributed by atoms with Crippen LogP contribution in [0.15, 0.2) is 12.4 Å². The lowest BCUT2D eigenvalue weighted by Gasteiger charge is -2.29. The van der Waals surface area contributed by atoms with Gasteiger partial charge >= 0.3 is 0 Å². The molecule has 1 saturated heterocycles. The second-order valence-electron chi connectivity index (χ2n) is 6.80. The zero-order valence-electron chi connectivity index (χ0n) is 13.7. The third-order valence-corrected chi connectivity index (χ3v) is 6.39. The van der Waals surface area contributed by atoms with E-state index in [4.69, 9.17) is 9.97 Å². The topological polar surface area (TPSA) is 57.7 Å². The number of nitrogens with zero attached hydrogens (tertiary/aromatic N) is 4. The summed E-state index contributed by atoms with van der Waals surface area (Å²) in [6.07, 6.45) is 12.5. The van der Waals surface area contributed by atoms with E-state index >= 15 is 0 Å². The molecule has 6 heteroatoms. The Morgan fingerprint density at radius 3 is 2.71 bits per heavy atom. The minimum Gasteiger partial charge on any atom is -0.356 e. The summed E-state index contributed by atoms with van der Waals surface area (Å²) in [5.74, 6) is 1.96. The lowest BCUT2D eigenvalue weighted by atomic mass is 9.96. The van der Waals surface area contributed by atoms with Crippen LogP contribution < -0.4 is 4.90 Å². The standard InChI is InChI=1S/C18H21N5S/c1-4-8-23(9-5-1)17-15-13-6-2-3-7-14(13)24-18(15)22-16(21-17)12-10-19-20-11-12/h10-11H,1-9H2,(H,19,20). The highest BCUT2D eigenvalue weighted by Gasteiger charge is 2.25. The van der Waals surface area contributed by atoms with Gasteiger partial charge in [0.05, 0.1) is 17.1 Å². The van der Waals surface area contributed by atoms with Crippen LogP contribution in [0.1, 0.15) is 42.5 Å². The molecule has 1 N–H and O–H groups in total. The van der Waals surface area contributed by atoms with Crippen molar-refractivity contribution < 1.29 is 0 Å². The van der Waals surface area contributed by atoms with E-state index in [0.29, 0.717) is 0 Å². The van der Waals surface area contributed by atoms with Crippen LogP contribution in [0.5, 0.6) is 0 Å². The van der Waals surface area contributed by atoms with Crippen LogP contribution in [0.2, 0.25) is 0 Å². The Morgan fingerprint density at radius 1 is 1.00 bits per heavy atom. The average Bonchev–Trinajstić information content (AvgIpc) is 3.29. The predicted molar refractivity (Wildman–Crippen MR) is 97.7 cm³/mol. The minimum atomic E-state index is 0.801. The number of aromatic amines is 1. The van der Waals surface area contributed by atoms with Crippen molar-refractivity contribution in [3.63, 3.8) is 0 Å². The first-order chi connectivity index (χ1) is 11.9. The number of fused-ring (bicyclic) bond motifs is 3. The van der Waals surface area contributed by atoms with Crippen LogP contribution in [0.3, 0.4) is 0 Å².